The molecule has 4 rings (SSSR count). The highest BCUT2D eigenvalue weighted by Gasteiger charge is 2.24. The minimum Gasteiger partial charge on any atom is -0.251 e. The van der Waals surface area contributed by atoms with E-state index in [9.17, 15) is 4.39 Å². The van der Waals surface area contributed by atoms with Crippen molar-refractivity contribution in [1.82, 2.24) is 0 Å². The van der Waals surface area contributed by atoms with Crippen LogP contribution in [-0.2, 0) is 0 Å². The number of benzene rings is 2. The van der Waals surface area contributed by atoms with Crippen molar-refractivity contribution >= 4 is 0 Å². The molecule has 0 heterocycles. The van der Waals surface area contributed by atoms with Crippen LogP contribution in [0.15, 0.2) is 36.4 Å². The first kappa shape index (κ1) is 23.4. The van der Waals surface area contributed by atoms with Gasteiger partial charge >= 0.3 is 0 Å². The Morgan fingerprint density at radius 1 is 0.688 bits per heavy atom. The minimum atomic E-state index is -0.336. The van der Waals surface area contributed by atoms with Crippen LogP contribution in [0.1, 0.15) is 101 Å². The van der Waals surface area contributed by atoms with Gasteiger partial charge in [-0.05, 0) is 111 Å². The molecule has 2 saturated carbocycles. The summed E-state index contributed by atoms with van der Waals surface area (Å²) < 4.78 is 42.5. The Balaban J connectivity index is 1.43. The molecule has 0 spiro atoms. The van der Waals surface area contributed by atoms with E-state index in [2.05, 4.69) is 6.92 Å². The van der Waals surface area contributed by atoms with Crippen LogP contribution in [-0.4, -0.2) is 6.67 Å². The van der Waals surface area contributed by atoms with E-state index in [4.69, 9.17) is 0 Å². The summed E-state index contributed by atoms with van der Waals surface area (Å²) in [6.45, 7) is 2.02. The number of hydrogen-bond donors (Lipinski definition) is 0. The maximum absolute atomic E-state index is 15.0. The van der Waals surface area contributed by atoms with Crippen molar-refractivity contribution in [3.8, 4) is 11.1 Å². The van der Waals surface area contributed by atoms with Crippen molar-refractivity contribution in [2.45, 2.75) is 89.4 Å². The van der Waals surface area contributed by atoms with Crippen LogP contribution >= 0.6 is 0 Å². The lowest BCUT2D eigenvalue weighted by atomic mass is 9.77. The first-order chi connectivity index (χ1) is 15.6. The maximum atomic E-state index is 15.0. The van der Waals surface area contributed by atoms with E-state index >= 15 is 8.78 Å². The summed E-state index contributed by atoms with van der Waals surface area (Å²) >= 11 is 0. The van der Waals surface area contributed by atoms with Crippen molar-refractivity contribution < 1.29 is 13.2 Å². The normalized spacial score (nSPS) is 26.2. The van der Waals surface area contributed by atoms with Crippen LogP contribution < -0.4 is 0 Å². The van der Waals surface area contributed by atoms with Crippen LogP contribution in [0.3, 0.4) is 0 Å². The second-order valence-corrected chi connectivity index (χ2v) is 10.2. The number of hydrogen-bond acceptors (Lipinski definition) is 0. The van der Waals surface area contributed by atoms with Gasteiger partial charge in [-0.15, -0.1) is 0 Å². The summed E-state index contributed by atoms with van der Waals surface area (Å²) in [5, 5.41) is 0. The zero-order valence-electron chi connectivity index (χ0n) is 19.4. The van der Waals surface area contributed by atoms with Gasteiger partial charge in [-0.25, -0.2) is 8.78 Å². The second kappa shape index (κ2) is 10.9. The van der Waals surface area contributed by atoms with Crippen LogP contribution in [0, 0.1) is 23.5 Å². The molecule has 2 fully saturated rings. The van der Waals surface area contributed by atoms with E-state index in [0.717, 1.165) is 62.0 Å². The molecule has 0 saturated heterocycles. The Morgan fingerprint density at radius 3 is 1.56 bits per heavy atom. The van der Waals surface area contributed by atoms with Gasteiger partial charge in [0.1, 0.15) is 11.6 Å². The van der Waals surface area contributed by atoms with Gasteiger partial charge in [-0.1, -0.05) is 37.6 Å². The summed E-state index contributed by atoms with van der Waals surface area (Å²) in [5.41, 5.74) is 2.78. The van der Waals surface area contributed by atoms with E-state index in [1.807, 2.05) is 12.1 Å². The molecule has 3 heteroatoms. The summed E-state index contributed by atoms with van der Waals surface area (Å²) in [7, 11) is 0. The lowest BCUT2D eigenvalue weighted by molar-refractivity contribution is 0.293. The van der Waals surface area contributed by atoms with Crippen molar-refractivity contribution in [1.29, 1.82) is 0 Å². The molecule has 0 atom stereocenters. The number of alkyl halides is 1. The molecule has 0 amide bonds. The summed E-state index contributed by atoms with van der Waals surface area (Å²) in [6.07, 6.45) is 11.8. The SMILES string of the molecule is CC[C@H]1CC[C@H](c2ccc(-c3ccc([C@H]4CC[C@H](CCCF)CC4)cc3F)c(F)c2)CC1. The third kappa shape index (κ3) is 5.41. The van der Waals surface area contributed by atoms with Gasteiger partial charge in [-0.3, -0.25) is 4.39 Å². The zero-order valence-corrected chi connectivity index (χ0v) is 19.4. The lowest BCUT2D eigenvalue weighted by Gasteiger charge is -2.29. The Labute approximate surface area is 191 Å². The Bertz CT molecular complexity index is 874. The van der Waals surface area contributed by atoms with Crippen LogP contribution in [0.25, 0.3) is 11.1 Å². The summed E-state index contributed by atoms with van der Waals surface area (Å²) in [4.78, 5) is 0. The van der Waals surface area contributed by atoms with Gasteiger partial charge in [0.2, 0.25) is 0 Å². The monoisotopic (exact) mass is 442 g/mol. The molecular weight excluding hydrogens is 405 g/mol. The average molecular weight is 443 g/mol. The highest BCUT2D eigenvalue weighted by atomic mass is 19.1. The molecule has 0 unspecified atom stereocenters. The second-order valence-electron chi connectivity index (χ2n) is 10.2. The highest BCUT2D eigenvalue weighted by Crippen LogP contribution is 2.40. The number of rotatable bonds is 7. The van der Waals surface area contributed by atoms with Crippen molar-refractivity contribution in [3.63, 3.8) is 0 Å². The van der Waals surface area contributed by atoms with Crippen LogP contribution in [0.2, 0.25) is 0 Å². The predicted molar refractivity (Wildman–Crippen MR) is 127 cm³/mol. The molecule has 0 aliphatic heterocycles. The molecular formula is C29H37F3. The van der Waals surface area contributed by atoms with Crippen molar-refractivity contribution in [2.75, 3.05) is 6.67 Å². The third-order valence-electron chi connectivity index (χ3n) is 8.24. The van der Waals surface area contributed by atoms with E-state index in [1.54, 1.807) is 24.3 Å². The van der Waals surface area contributed by atoms with Gasteiger partial charge in [0.15, 0.2) is 0 Å². The Kier molecular flexibility index (Phi) is 7.97. The van der Waals surface area contributed by atoms with Gasteiger partial charge in [0, 0.05) is 11.1 Å². The quantitative estimate of drug-likeness (QED) is 0.401. The third-order valence-corrected chi connectivity index (χ3v) is 8.24. The Hall–Kier alpha value is -1.77. The molecule has 174 valence electrons. The lowest BCUT2D eigenvalue weighted by Crippen LogP contribution is -2.14. The first-order valence-electron chi connectivity index (χ1n) is 12.7. The summed E-state index contributed by atoms with van der Waals surface area (Å²) in [6, 6.07) is 10.8. The maximum Gasteiger partial charge on any atom is 0.131 e. The molecule has 0 bridgehead atoms. The van der Waals surface area contributed by atoms with E-state index in [1.165, 1.54) is 19.3 Å². The molecule has 0 nitrogen and oxygen atoms in total. The number of halogens is 3. The van der Waals surface area contributed by atoms with Crippen LogP contribution in [0.5, 0.6) is 0 Å². The van der Waals surface area contributed by atoms with Gasteiger partial charge < -0.3 is 0 Å². The zero-order chi connectivity index (χ0) is 22.5. The van der Waals surface area contributed by atoms with Crippen molar-refractivity contribution in [3.05, 3.63) is 59.2 Å². The fourth-order valence-corrected chi connectivity index (χ4v) is 6.06. The van der Waals surface area contributed by atoms with E-state index in [0.29, 0.717) is 35.3 Å². The first-order valence-corrected chi connectivity index (χ1v) is 12.7. The molecule has 2 aliphatic rings. The van der Waals surface area contributed by atoms with Gasteiger partial charge in [-0.2, -0.15) is 0 Å². The molecule has 2 aromatic rings. The van der Waals surface area contributed by atoms with E-state index in [-0.39, 0.29) is 18.3 Å². The molecule has 32 heavy (non-hydrogen) atoms. The topological polar surface area (TPSA) is 0 Å². The fourth-order valence-electron chi connectivity index (χ4n) is 6.06. The fraction of sp³-hybridized carbons (Fsp3) is 0.586. The molecule has 2 aliphatic carbocycles. The van der Waals surface area contributed by atoms with Crippen molar-refractivity contribution in [2.24, 2.45) is 11.8 Å². The largest absolute Gasteiger partial charge is 0.251 e. The van der Waals surface area contributed by atoms with Gasteiger partial charge in [0.25, 0.3) is 0 Å². The summed E-state index contributed by atoms with van der Waals surface area (Å²) in [5.74, 6) is 1.54. The predicted octanol–water partition coefficient (Wildman–Crippen LogP) is 9.34. The van der Waals surface area contributed by atoms with Crippen LogP contribution in [0.4, 0.5) is 13.2 Å². The average Bonchev–Trinajstić information content (AvgIpc) is 2.83. The van der Waals surface area contributed by atoms with Gasteiger partial charge in [0.05, 0.1) is 6.67 Å². The Morgan fingerprint density at radius 2 is 1.16 bits per heavy atom. The standard InChI is InChI=1S/C29H37F3/c1-2-20-5-9-22(10-6-20)24-13-15-26(28(31)18-24)27-16-14-25(19-29(27)32)23-11-7-21(8-12-23)4-3-17-30/h13-16,18-23H,2-12,17H2,1H3/t20-,21-,22-,23-. The molecule has 0 radical (unpaired) electrons. The smallest absolute Gasteiger partial charge is 0.131 e. The molecule has 2 aromatic carbocycles. The van der Waals surface area contributed by atoms with E-state index < -0.39 is 0 Å². The molecule has 0 aromatic heterocycles. The highest BCUT2D eigenvalue weighted by molar-refractivity contribution is 5.66. The minimum absolute atomic E-state index is 0.232. The molecule has 0 N–H and O–H groups in total.